The van der Waals surface area contributed by atoms with E-state index in [-0.39, 0.29) is 4.90 Å². The highest BCUT2D eigenvalue weighted by Crippen LogP contribution is 2.24. The first-order chi connectivity index (χ1) is 9.29. The van der Waals surface area contributed by atoms with E-state index < -0.39 is 10.0 Å². The minimum Gasteiger partial charge on any atom is -0.399 e. The van der Waals surface area contributed by atoms with Gasteiger partial charge in [0.15, 0.2) is 0 Å². The molecule has 4 nitrogen and oxygen atoms in total. The minimum absolute atomic E-state index is 0.198. The van der Waals surface area contributed by atoms with Gasteiger partial charge >= 0.3 is 0 Å². The highest BCUT2D eigenvalue weighted by molar-refractivity contribution is 9.10. The monoisotopic (exact) mass is 354 g/mol. The summed E-state index contributed by atoms with van der Waals surface area (Å²) in [7, 11) is -3.62. The lowest BCUT2D eigenvalue weighted by Gasteiger charge is -2.12. The van der Waals surface area contributed by atoms with Crippen LogP contribution in [0, 0.1) is 13.8 Å². The molecule has 20 heavy (non-hydrogen) atoms. The number of halogens is 1. The lowest BCUT2D eigenvalue weighted by Crippen LogP contribution is -2.14. The first-order valence-corrected chi connectivity index (χ1v) is 8.22. The van der Waals surface area contributed by atoms with Gasteiger partial charge in [0.05, 0.1) is 10.6 Å². The van der Waals surface area contributed by atoms with E-state index in [1.54, 1.807) is 25.1 Å². The number of anilines is 2. The summed E-state index contributed by atoms with van der Waals surface area (Å²) in [5.41, 5.74) is 8.41. The highest BCUT2D eigenvalue weighted by Gasteiger charge is 2.16. The van der Waals surface area contributed by atoms with Crippen LogP contribution < -0.4 is 10.5 Å². The third-order valence-electron chi connectivity index (χ3n) is 3.00. The molecule has 3 N–H and O–H groups in total. The summed E-state index contributed by atoms with van der Waals surface area (Å²) >= 11 is 3.33. The number of rotatable bonds is 3. The largest absolute Gasteiger partial charge is 0.399 e. The quantitative estimate of drug-likeness (QED) is 0.829. The predicted octanol–water partition coefficient (Wildman–Crippen LogP) is 3.45. The first-order valence-electron chi connectivity index (χ1n) is 5.95. The fourth-order valence-electron chi connectivity index (χ4n) is 1.72. The Balaban J connectivity index is 2.40. The van der Waals surface area contributed by atoms with Gasteiger partial charge in [0.25, 0.3) is 10.0 Å². The molecular formula is C14H15BrN2O2S. The normalized spacial score (nSPS) is 11.3. The molecule has 6 heteroatoms. The van der Waals surface area contributed by atoms with Gasteiger partial charge in [-0.25, -0.2) is 8.42 Å². The van der Waals surface area contributed by atoms with E-state index in [1.807, 2.05) is 19.1 Å². The molecule has 0 amide bonds. The Morgan fingerprint density at radius 3 is 2.40 bits per heavy atom. The molecule has 2 rings (SSSR count). The molecule has 0 spiro atoms. The zero-order valence-corrected chi connectivity index (χ0v) is 13.5. The molecule has 0 bridgehead atoms. The van der Waals surface area contributed by atoms with Crippen LogP contribution >= 0.6 is 15.9 Å². The van der Waals surface area contributed by atoms with Crippen molar-refractivity contribution in [3.05, 3.63) is 52.0 Å². The second-order valence-electron chi connectivity index (χ2n) is 4.58. The summed E-state index contributed by atoms with van der Waals surface area (Å²) in [6.07, 6.45) is 0. The Labute approximate surface area is 127 Å². The summed E-state index contributed by atoms with van der Waals surface area (Å²) in [6.45, 7) is 3.62. The molecule has 0 atom stereocenters. The number of nitrogens with two attached hydrogens (primary N) is 1. The molecular weight excluding hydrogens is 340 g/mol. The van der Waals surface area contributed by atoms with Crippen molar-refractivity contribution in [3.8, 4) is 0 Å². The van der Waals surface area contributed by atoms with Gasteiger partial charge in [-0.3, -0.25) is 4.72 Å². The first kappa shape index (κ1) is 14.9. The van der Waals surface area contributed by atoms with Crippen LogP contribution in [0.4, 0.5) is 11.4 Å². The highest BCUT2D eigenvalue weighted by atomic mass is 79.9. The summed E-state index contributed by atoms with van der Waals surface area (Å²) in [4.78, 5) is 0.198. The smallest absolute Gasteiger partial charge is 0.261 e. The Morgan fingerprint density at radius 2 is 1.75 bits per heavy atom. The Morgan fingerprint density at radius 1 is 1.05 bits per heavy atom. The number of hydrogen-bond acceptors (Lipinski definition) is 3. The Hall–Kier alpha value is -1.53. The summed E-state index contributed by atoms with van der Waals surface area (Å²) in [6, 6.07) is 10.1. The molecule has 0 fully saturated rings. The van der Waals surface area contributed by atoms with Crippen molar-refractivity contribution in [2.75, 3.05) is 10.5 Å². The molecule has 0 heterocycles. The van der Waals surface area contributed by atoms with Gasteiger partial charge in [-0.05, 0) is 55.3 Å². The van der Waals surface area contributed by atoms with Gasteiger partial charge in [-0.15, -0.1) is 0 Å². The molecule has 2 aromatic carbocycles. The van der Waals surface area contributed by atoms with Crippen molar-refractivity contribution in [2.24, 2.45) is 0 Å². The standard InChI is InChI=1S/C14H15BrN2O2S/c1-9-3-4-11(15)8-14(9)17-20(18,19)12-5-6-13(16)10(2)7-12/h3-8,17H,16H2,1-2H3. The maximum atomic E-state index is 12.4. The van der Waals surface area contributed by atoms with Crippen LogP contribution in [-0.2, 0) is 10.0 Å². The van der Waals surface area contributed by atoms with E-state index in [0.717, 1.165) is 15.6 Å². The van der Waals surface area contributed by atoms with Crippen LogP contribution in [0.25, 0.3) is 0 Å². The Kier molecular flexibility index (Phi) is 4.06. The SMILES string of the molecule is Cc1cc(S(=O)(=O)Nc2cc(Br)ccc2C)ccc1N. The van der Waals surface area contributed by atoms with E-state index in [1.165, 1.54) is 6.07 Å². The minimum atomic E-state index is -3.62. The van der Waals surface area contributed by atoms with Crippen LogP contribution in [-0.4, -0.2) is 8.42 Å². The molecule has 0 unspecified atom stereocenters. The zero-order chi connectivity index (χ0) is 14.9. The summed E-state index contributed by atoms with van der Waals surface area (Å²) < 4.78 is 28.1. The Bertz CT molecular complexity index is 758. The predicted molar refractivity (Wildman–Crippen MR) is 85.3 cm³/mol. The number of nitrogens with one attached hydrogen (secondary N) is 1. The van der Waals surface area contributed by atoms with Crippen LogP contribution in [0.3, 0.4) is 0 Å². The van der Waals surface area contributed by atoms with Crippen molar-refractivity contribution < 1.29 is 8.42 Å². The van der Waals surface area contributed by atoms with Gasteiger partial charge in [0.2, 0.25) is 0 Å². The molecule has 0 aliphatic rings. The fraction of sp³-hybridized carbons (Fsp3) is 0.143. The topological polar surface area (TPSA) is 72.2 Å². The zero-order valence-electron chi connectivity index (χ0n) is 11.1. The van der Waals surface area contributed by atoms with E-state index in [4.69, 9.17) is 5.73 Å². The van der Waals surface area contributed by atoms with Gasteiger partial charge in [-0.2, -0.15) is 0 Å². The van der Waals surface area contributed by atoms with Crippen molar-refractivity contribution in [2.45, 2.75) is 18.7 Å². The van der Waals surface area contributed by atoms with E-state index in [9.17, 15) is 8.42 Å². The van der Waals surface area contributed by atoms with Gasteiger partial charge in [0, 0.05) is 10.2 Å². The summed E-state index contributed by atoms with van der Waals surface area (Å²) in [5.74, 6) is 0. The van der Waals surface area contributed by atoms with Gasteiger partial charge in [-0.1, -0.05) is 22.0 Å². The maximum Gasteiger partial charge on any atom is 0.261 e. The molecule has 0 aliphatic carbocycles. The van der Waals surface area contributed by atoms with Crippen LogP contribution in [0.2, 0.25) is 0 Å². The number of aryl methyl sites for hydroxylation is 2. The summed E-state index contributed by atoms with van der Waals surface area (Å²) in [5, 5.41) is 0. The second kappa shape index (κ2) is 5.46. The number of nitrogen functional groups attached to an aromatic ring is 1. The van der Waals surface area contributed by atoms with Gasteiger partial charge in [0.1, 0.15) is 0 Å². The molecule has 0 aromatic heterocycles. The average molecular weight is 355 g/mol. The number of benzene rings is 2. The molecule has 2 aromatic rings. The van der Waals surface area contributed by atoms with E-state index in [0.29, 0.717) is 11.4 Å². The number of sulfonamides is 1. The third-order valence-corrected chi connectivity index (χ3v) is 4.85. The van der Waals surface area contributed by atoms with Crippen molar-refractivity contribution in [1.82, 2.24) is 0 Å². The lowest BCUT2D eigenvalue weighted by molar-refractivity contribution is 0.601. The van der Waals surface area contributed by atoms with Crippen molar-refractivity contribution >= 4 is 37.3 Å². The van der Waals surface area contributed by atoms with Crippen LogP contribution in [0.1, 0.15) is 11.1 Å². The van der Waals surface area contributed by atoms with E-state index >= 15 is 0 Å². The lowest BCUT2D eigenvalue weighted by atomic mass is 10.2. The van der Waals surface area contributed by atoms with Gasteiger partial charge < -0.3 is 5.73 Å². The molecule has 106 valence electrons. The van der Waals surface area contributed by atoms with Crippen LogP contribution in [0.5, 0.6) is 0 Å². The molecule has 0 saturated heterocycles. The fourth-order valence-corrected chi connectivity index (χ4v) is 3.29. The molecule has 0 radical (unpaired) electrons. The van der Waals surface area contributed by atoms with Crippen molar-refractivity contribution in [1.29, 1.82) is 0 Å². The third kappa shape index (κ3) is 3.13. The maximum absolute atomic E-state index is 12.4. The van der Waals surface area contributed by atoms with Crippen molar-refractivity contribution in [3.63, 3.8) is 0 Å². The average Bonchev–Trinajstić information content (AvgIpc) is 2.36. The molecule has 0 aliphatic heterocycles. The second-order valence-corrected chi connectivity index (χ2v) is 7.18. The number of hydrogen-bond donors (Lipinski definition) is 2. The van der Waals surface area contributed by atoms with Crippen LogP contribution in [0.15, 0.2) is 45.8 Å². The van der Waals surface area contributed by atoms with E-state index in [2.05, 4.69) is 20.7 Å². The molecule has 0 saturated carbocycles.